The number of carboxylic acid groups (broad SMARTS) is 1. The van der Waals surface area contributed by atoms with Gasteiger partial charge in [0.05, 0.1) is 41.6 Å². The van der Waals surface area contributed by atoms with Gasteiger partial charge in [-0.2, -0.15) is 0 Å². The van der Waals surface area contributed by atoms with Crippen LogP contribution in [0.15, 0.2) is 30.6 Å². The van der Waals surface area contributed by atoms with Crippen molar-refractivity contribution >= 4 is 40.4 Å². The van der Waals surface area contributed by atoms with Gasteiger partial charge in [-0.05, 0) is 63.6 Å². The summed E-state index contributed by atoms with van der Waals surface area (Å²) in [5.74, 6) is -1.12. The maximum Gasteiger partial charge on any atom is 0.414 e. The first kappa shape index (κ1) is 23.1. The third kappa shape index (κ3) is 4.06. The molecule has 3 heterocycles. The van der Waals surface area contributed by atoms with Crippen LogP contribution in [-0.4, -0.2) is 44.9 Å². The van der Waals surface area contributed by atoms with Crippen molar-refractivity contribution < 1.29 is 23.8 Å². The van der Waals surface area contributed by atoms with Crippen LogP contribution >= 0.6 is 0 Å². The van der Waals surface area contributed by atoms with Crippen LogP contribution in [0.4, 0.5) is 26.5 Å². The minimum atomic E-state index is -0.762. The van der Waals surface area contributed by atoms with Crippen molar-refractivity contribution in [2.24, 2.45) is 5.92 Å². The molecule has 184 valence electrons. The molecule has 1 aliphatic carbocycles. The van der Waals surface area contributed by atoms with Crippen molar-refractivity contribution in [2.45, 2.75) is 57.5 Å². The second kappa shape index (κ2) is 9.16. The van der Waals surface area contributed by atoms with Crippen LogP contribution in [-0.2, 0) is 16.0 Å². The smallest absolute Gasteiger partial charge is 0.414 e. The summed E-state index contributed by atoms with van der Waals surface area (Å²) >= 11 is 0. The Morgan fingerprint density at radius 3 is 2.63 bits per heavy atom. The number of rotatable bonds is 4. The molecule has 35 heavy (non-hydrogen) atoms. The van der Waals surface area contributed by atoms with Crippen molar-refractivity contribution in [1.29, 1.82) is 0 Å². The maximum absolute atomic E-state index is 14.5. The Labute approximate surface area is 201 Å². The molecule has 2 aromatic heterocycles. The summed E-state index contributed by atoms with van der Waals surface area (Å²) in [7, 11) is 1.37. The maximum atomic E-state index is 14.5. The largest absolute Gasteiger partial charge is 0.481 e. The van der Waals surface area contributed by atoms with Gasteiger partial charge in [0.15, 0.2) is 5.82 Å². The minimum absolute atomic E-state index is 0.00991. The van der Waals surface area contributed by atoms with E-state index in [-0.39, 0.29) is 23.7 Å². The van der Waals surface area contributed by atoms with E-state index in [0.29, 0.717) is 31.6 Å². The molecule has 2 N–H and O–H groups in total. The van der Waals surface area contributed by atoms with Crippen molar-refractivity contribution in [3.63, 3.8) is 0 Å². The normalized spacial score (nSPS) is 22.0. The number of ether oxygens (including phenoxy) is 1. The minimum Gasteiger partial charge on any atom is -0.481 e. The van der Waals surface area contributed by atoms with Gasteiger partial charge in [0, 0.05) is 23.8 Å². The van der Waals surface area contributed by atoms with Gasteiger partial charge in [0.1, 0.15) is 0 Å². The number of carbonyl (C=O) groups is 2. The zero-order valence-corrected chi connectivity index (χ0v) is 19.7. The Morgan fingerprint density at radius 1 is 1.17 bits per heavy atom. The van der Waals surface area contributed by atoms with Crippen LogP contribution in [0.1, 0.15) is 50.6 Å². The van der Waals surface area contributed by atoms with Gasteiger partial charge in [-0.25, -0.2) is 14.2 Å². The number of amides is 1. The lowest BCUT2D eigenvalue weighted by Crippen LogP contribution is -2.42. The van der Waals surface area contributed by atoms with Crippen LogP contribution in [0.2, 0.25) is 0 Å². The summed E-state index contributed by atoms with van der Waals surface area (Å²) in [6.45, 7) is 1.99. The number of aliphatic carboxylic acids is 1. The average molecular weight is 482 g/mol. The lowest BCUT2D eigenvalue weighted by atomic mass is 9.86. The number of anilines is 3. The molecule has 1 saturated carbocycles. The number of carbonyl (C=O) groups excluding carboxylic acids is 1. The monoisotopic (exact) mass is 481 g/mol. The predicted octanol–water partition coefficient (Wildman–Crippen LogP) is 5.04. The molecule has 3 aromatic rings. The van der Waals surface area contributed by atoms with Crippen molar-refractivity contribution in [3.8, 4) is 0 Å². The standard InChI is InChI=1S/C25H28FN5O4/c1-14-3-8-17-20(30(14)25(34)35-2)9-10-21-22(17)29-24(28-19-11-12-27-13-18(19)26)31(21)16-6-4-15(5-7-16)23(32)33/h9-16H,3-8H2,1-2H3,(H,32,33)(H,27,28,29). The van der Waals surface area contributed by atoms with Gasteiger partial charge in [-0.15, -0.1) is 0 Å². The second-order valence-electron chi connectivity index (χ2n) is 9.29. The van der Waals surface area contributed by atoms with Gasteiger partial charge in [-0.1, -0.05) is 0 Å². The molecule has 1 aromatic carbocycles. The van der Waals surface area contributed by atoms with Crippen LogP contribution < -0.4 is 10.2 Å². The van der Waals surface area contributed by atoms with E-state index in [2.05, 4.69) is 14.9 Å². The third-order valence-corrected chi connectivity index (χ3v) is 7.26. The molecule has 0 radical (unpaired) electrons. The molecule has 1 fully saturated rings. The van der Waals surface area contributed by atoms with E-state index in [4.69, 9.17) is 9.72 Å². The average Bonchev–Trinajstić information content (AvgIpc) is 3.23. The highest BCUT2D eigenvalue weighted by atomic mass is 19.1. The topological polar surface area (TPSA) is 110 Å². The molecule has 5 rings (SSSR count). The van der Waals surface area contributed by atoms with Crippen molar-refractivity contribution in [1.82, 2.24) is 14.5 Å². The van der Waals surface area contributed by atoms with Gasteiger partial charge in [-0.3, -0.25) is 14.7 Å². The van der Waals surface area contributed by atoms with Gasteiger partial charge in [0.2, 0.25) is 5.95 Å². The molecule has 0 saturated heterocycles. The molecule has 1 aliphatic heterocycles. The van der Waals surface area contributed by atoms with Crippen LogP contribution in [0.3, 0.4) is 0 Å². The van der Waals surface area contributed by atoms with Crippen LogP contribution in [0.25, 0.3) is 11.0 Å². The molecule has 9 nitrogen and oxygen atoms in total. The van der Waals surface area contributed by atoms with Gasteiger partial charge in [0.25, 0.3) is 0 Å². The first-order valence-electron chi connectivity index (χ1n) is 11.9. The highest BCUT2D eigenvalue weighted by Crippen LogP contribution is 2.42. The number of halogens is 1. The van der Waals surface area contributed by atoms with E-state index >= 15 is 0 Å². The third-order valence-electron chi connectivity index (χ3n) is 7.26. The molecule has 0 spiro atoms. The number of hydrogen-bond acceptors (Lipinski definition) is 6. The lowest BCUT2D eigenvalue weighted by Gasteiger charge is -2.34. The van der Waals surface area contributed by atoms with E-state index < -0.39 is 17.9 Å². The summed E-state index contributed by atoms with van der Waals surface area (Å²) < 4.78 is 21.5. The number of aromatic nitrogens is 3. The number of fused-ring (bicyclic) bond motifs is 3. The Kier molecular flexibility index (Phi) is 6.04. The second-order valence-corrected chi connectivity index (χ2v) is 9.29. The van der Waals surface area contributed by atoms with Crippen LogP contribution in [0, 0.1) is 11.7 Å². The fourth-order valence-electron chi connectivity index (χ4n) is 5.41. The number of aryl methyl sites for hydroxylation is 1. The number of pyridine rings is 1. The highest BCUT2D eigenvalue weighted by molar-refractivity contribution is 5.96. The summed E-state index contributed by atoms with van der Waals surface area (Å²) in [5, 5.41) is 12.6. The highest BCUT2D eigenvalue weighted by Gasteiger charge is 2.33. The Morgan fingerprint density at radius 2 is 1.94 bits per heavy atom. The molecule has 0 bridgehead atoms. The van der Waals surface area contributed by atoms with E-state index in [1.165, 1.54) is 13.3 Å². The van der Waals surface area contributed by atoms with E-state index in [0.717, 1.165) is 41.3 Å². The molecule has 2 aliphatic rings. The number of benzene rings is 1. The fourth-order valence-corrected chi connectivity index (χ4v) is 5.41. The Hall–Kier alpha value is -3.69. The zero-order chi connectivity index (χ0) is 24.7. The molecule has 10 heteroatoms. The molecule has 1 atom stereocenters. The summed E-state index contributed by atoms with van der Waals surface area (Å²) in [5.41, 5.74) is 3.60. The molecule has 1 unspecified atom stereocenters. The Balaban J connectivity index is 1.63. The van der Waals surface area contributed by atoms with E-state index in [1.54, 1.807) is 11.0 Å². The quantitative estimate of drug-likeness (QED) is 0.537. The first-order chi connectivity index (χ1) is 16.9. The van der Waals surface area contributed by atoms with E-state index in [1.807, 2.05) is 19.1 Å². The lowest BCUT2D eigenvalue weighted by molar-refractivity contribution is -0.143. The van der Waals surface area contributed by atoms with E-state index in [9.17, 15) is 19.1 Å². The number of nitrogens with zero attached hydrogens (tertiary/aromatic N) is 4. The molecule has 1 amide bonds. The number of nitrogens with one attached hydrogen (secondary N) is 1. The number of imidazole rings is 1. The molecular formula is C25H28FN5O4. The summed E-state index contributed by atoms with van der Waals surface area (Å²) in [6.07, 6.45) is 6.24. The van der Waals surface area contributed by atoms with Crippen LogP contribution in [0.5, 0.6) is 0 Å². The first-order valence-corrected chi connectivity index (χ1v) is 11.9. The SMILES string of the molecule is COC(=O)N1c2ccc3c(nc(Nc4ccncc4F)n3C3CCC(C(=O)O)CC3)c2CCC1C. The number of methoxy groups -OCH3 is 1. The number of hydrogen-bond donors (Lipinski definition) is 2. The van der Waals surface area contributed by atoms with Gasteiger partial charge < -0.3 is 19.7 Å². The fraction of sp³-hybridized carbons (Fsp3) is 0.440. The summed E-state index contributed by atoms with van der Waals surface area (Å²) in [4.78, 5) is 34.4. The van der Waals surface area contributed by atoms with Crippen molar-refractivity contribution in [2.75, 3.05) is 17.3 Å². The summed E-state index contributed by atoms with van der Waals surface area (Å²) in [6, 6.07) is 5.41. The van der Waals surface area contributed by atoms with Gasteiger partial charge >= 0.3 is 12.1 Å². The number of carboxylic acids is 1. The molecular weight excluding hydrogens is 453 g/mol. The zero-order valence-electron chi connectivity index (χ0n) is 19.7. The predicted molar refractivity (Wildman–Crippen MR) is 129 cm³/mol. The van der Waals surface area contributed by atoms with Crippen molar-refractivity contribution in [3.05, 3.63) is 42.0 Å². The Bertz CT molecular complexity index is 1280.